The molecule has 76 valence electrons. The molecule has 13 heavy (non-hydrogen) atoms. The van der Waals surface area contributed by atoms with Gasteiger partial charge in [0.15, 0.2) is 0 Å². The van der Waals surface area contributed by atoms with Crippen LogP contribution < -0.4 is 0 Å². The standard InChI is InChI=1S/C9H16O4/c1-4-5-8(10)13-9(11)12-6-7(2)3/h7H,4-6H2,1-3H3. The minimum absolute atomic E-state index is 0.244. The summed E-state index contributed by atoms with van der Waals surface area (Å²) in [5, 5.41) is 0. The summed E-state index contributed by atoms with van der Waals surface area (Å²) in [5.41, 5.74) is 0. The normalized spacial score (nSPS) is 9.85. The zero-order chi connectivity index (χ0) is 10.3. The molecule has 0 aromatic rings. The fourth-order valence-corrected chi connectivity index (χ4v) is 0.612. The summed E-state index contributed by atoms with van der Waals surface area (Å²) in [4.78, 5) is 21.5. The molecule has 0 aliphatic heterocycles. The Morgan fingerprint density at radius 2 is 1.92 bits per heavy atom. The third kappa shape index (κ3) is 7.31. The zero-order valence-electron chi connectivity index (χ0n) is 8.33. The molecule has 0 bridgehead atoms. The number of hydrogen-bond acceptors (Lipinski definition) is 4. The van der Waals surface area contributed by atoms with Gasteiger partial charge in [0, 0.05) is 6.42 Å². The molecule has 0 rings (SSSR count). The molecule has 4 heteroatoms. The number of hydrogen-bond donors (Lipinski definition) is 0. The average molecular weight is 188 g/mol. The van der Waals surface area contributed by atoms with Crippen molar-refractivity contribution in [2.75, 3.05) is 6.61 Å². The molecule has 0 saturated carbocycles. The zero-order valence-corrected chi connectivity index (χ0v) is 8.33. The third-order valence-corrected chi connectivity index (χ3v) is 1.19. The topological polar surface area (TPSA) is 52.6 Å². The number of rotatable bonds is 4. The largest absolute Gasteiger partial charge is 0.516 e. The lowest BCUT2D eigenvalue weighted by molar-refractivity contribution is -0.140. The van der Waals surface area contributed by atoms with E-state index in [2.05, 4.69) is 9.47 Å². The van der Waals surface area contributed by atoms with Crippen LogP contribution in [0.4, 0.5) is 4.79 Å². The number of ether oxygens (including phenoxy) is 2. The lowest BCUT2D eigenvalue weighted by Crippen LogP contribution is -2.15. The van der Waals surface area contributed by atoms with Gasteiger partial charge < -0.3 is 9.47 Å². The predicted octanol–water partition coefficient (Wildman–Crippen LogP) is 2.12. The molecule has 0 atom stereocenters. The van der Waals surface area contributed by atoms with E-state index >= 15 is 0 Å². The third-order valence-electron chi connectivity index (χ3n) is 1.19. The predicted molar refractivity (Wildman–Crippen MR) is 47.2 cm³/mol. The fraction of sp³-hybridized carbons (Fsp3) is 0.778. The van der Waals surface area contributed by atoms with Gasteiger partial charge in [0.25, 0.3) is 0 Å². The van der Waals surface area contributed by atoms with Crippen molar-refractivity contribution in [3.05, 3.63) is 0 Å². The van der Waals surface area contributed by atoms with Gasteiger partial charge in [-0.1, -0.05) is 20.8 Å². The van der Waals surface area contributed by atoms with Crippen LogP contribution in [0, 0.1) is 5.92 Å². The van der Waals surface area contributed by atoms with E-state index in [9.17, 15) is 9.59 Å². The number of carbonyl (C=O) groups is 2. The van der Waals surface area contributed by atoms with Gasteiger partial charge in [-0.3, -0.25) is 4.79 Å². The van der Waals surface area contributed by atoms with Gasteiger partial charge in [-0.2, -0.15) is 0 Å². The van der Waals surface area contributed by atoms with Crippen LogP contribution in [0.15, 0.2) is 0 Å². The van der Waals surface area contributed by atoms with Crippen LogP contribution in [0.25, 0.3) is 0 Å². The maximum Gasteiger partial charge on any atom is 0.516 e. The average Bonchev–Trinajstić information content (AvgIpc) is 2.01. The van der Waals surface area contributed by atoms with Crippen LogP contribution in [0.2, 0.25) is 0 Å². The van der Waals surface area contributed by atoms with Crippen molar-refractivity contribution in [1.29, 1.82) is 0 Å². The summed E-state index contributed by atoms with van der Waals surface area (Å²) in [6.45, 7) is 5.92. The van der Waals surface area contributed by atoms with E-state index < -0.39 is 12.1 Å². The molecular weight excluding hydrogens is 172 g/mol. The van der Waals surface area contributed by atoms with E-state index in [1.54, 1.807) is 0 Å². The highest BCUT2D eigenvalue weighted by molar-refractivity contribution is 5.81. The Labute approximate surface area is 78.2 Å². The quantitative estimate of drug-likeness (QED) is 0.501. The highest BCUT2D eigenvalue weighted by Gasteiger charge is 2.10. The first kappa shape index (κ1) is 11.9. The molecule has 0 aliphatic rings. The molecule has 0 aromatic carbocycles. The van der Waals surface area contributed by atoms with E-state index in [0.717, 1.165) is 0 Å². The molecule has 0 heterocycles. The molecule has 0 aromatic heterocycles. The lowest BCUT2D eigenvalue weighted by Gasteiger charge is -2.05. The first-order chi connectivity index (χ1) is 6.06. The van der Waals surface area contributed by atoms with Crippen molar-refractivity contribution in [2.45, 2.75) is 33.6 Å². The second kappa shape index (κ2) is 6.46. The maximum absolute atomic E-state index is 10.8. The molecule has 0 fully saturated rings. The molecular formula is C9H16O4. The van der Waals surface area contributed by atoms with Gasteiger partial charge in [-0.05, 0) is 12.3 Å². The fourth-order valence-electron chi connectivity index (χ4n) is 0.612. The van der Waals surface area contributed by atoms with Crippen molar-refractivity contribution < 1.29 is 19.1 Å². The van der Waals surface area contributed by atoms with Gasteiger partial charge in [0.1, 0.15) is 0 Å². The summed E-state index contributed by atoms with van der Waals surface area (Å²) in [5.74, 6) is -0.287. The van der Waals surface area contributed by atoms with Gasteiger partial charge in [0.05, 0.1) is 6.61 Å². The summed E-state index contributed by atoms with van der Waals surface area (Å²) >= 11 is 0. The lowest BCUT2D eigenvalue weighted by atomic mass is 10.2. The van der Waals surface area contributed by atoms with Crippen molar-refractivity contribution in [3.63, 3.8) is 0 Å². The maximum atomic E-state index is 10.8. The second-order valence-electron chi connectivity index (χ2n) is 3.18. The highest BCUT2D eigenvalue weighted by Crippen LogP contribution is 1.97. The SMILES string of the molecule is CCCC(=O)OC(=O)OCC(C)C. The highest BCUT2D eigenvalue weighted by atomic mass is 16.7. The van der Waals surface area contributed by atoms with Gasteiger partial charge in [-0.25, -0.2) is 4.79 Å². The Kier molecular flexibility index (Phi) is 5.93. The van der Waals surface area contributed by atoms with Gasteiger partial charge in [-0.15, -0.1) is 0 Å². The van der Waals surface area contributed by atoms with E-state index in [0.29, 0.717) is 6.42 Å². The van der Waals surface area contributed by atoms with Crippen LogP contribution in [0.5, 0.6) is 0 Å². The minimum Gasteiger partial charge on any atom is -0.434 e. The molecule has 0 saturated heterocycles. The first-order valence-electron chi connectivity index (χ1n) is 4.43. The summed E-state index contributed by atoms with van der Waals surface area (Å²) in [6, 6.07) is 0. The first-order valence-corrected chi connectivity index (χ1v) is 4.43. The van der Waals surface area contributed by atoms with Crippen LogP contribution >= 0.6 is 0 Å². The van der Waals surface area contributed by atoms with Crippen molar-refractivity contribution in [3.8, 4) is 0 Å². The second-order valence-corrected chi connectivity index (χ2v) is 3.18. The Bertz CT molecular complexity index is 174. The summed E-state index contributed by atoms with van der Waals surface area (Å²) in [6.07, 6.45) is 0.0136. The monoisotopic (exact) mass is 188 g/mol. The molecule has 0 spiro atoms. The van der Waals surface area contributed by atoms with Crippen molar-refractivity contribution >= 4 is 12.1 Å². The Morgan fingerprint density at radius 1 is 1.31 bits per heavy atom. The molecule has 0 aliphatic carbocycles. The van der Waals surface area contributed by atoms with E-state index in [4.69, 9.17) is 0 Å². The number of esters is 1. The van der Waals surface area contributed by atoms with Crippen LogP contribution in [-0.2, 0) is 14.3 Å². The van der Waals surface area contributed by atoms with Crippen LogP contribution in [-0.4, -0.2) is 18.7 Å². The molecule has 0 amide bonds. The van der Waals surface area contributed by atoms with Crippen molar-refractivity contribution in [2.24, 2.45) is 5.92 Å². The Balaban J connectivity index is 3.56. The number of carbonyl (C=O) groups excluding carboxylic acids is 2. The molecule has 0 radical (unpaired) electrons. The van der Waals surface area contributed by atoms with E-state index in [1.165, 1.54) is 0 Å². The minimum atomic E-state index is -0.896. The van der Waals surface area contributed by atoms with Crippen molar-refractivity contribution in [1.82, 2.24) is 0 Å². The molecule has 4 nitrogen and oxygen atoms in total. The van der Waals surface area contributed by atoms with E-state index in [-0.39, 0.29) is 18.9 Å². The smallest absolute Gasteiger partial charge is 0.434 e. The Morgan fingerprint density at radius 3 is 2.38 bits per heavy atom. The van der Waals surface area contributed by atoms with Gasteiger partial charge in [0.2, 0.25) is 0 Å². The van der Waals surface area contributed by atoms with Crippen LogP contribution in [0.3, 0.4) is 0 Å². The van der Waals surface area contributed by atoms with Crippen LogP contribution in [0.1, 0.15) is 33.6 Å². The summed E-state index contributed by atoms with van der Waals surface area (Å²) in [7, 11) is 0. The van der Waals surface area contributed by atoms with Gasteiger partial charge >= 0.3 is 12.1 Å². The summed E-state index contributed by atoms with van der Waals surface area (Å²) < 4.78 is 8.98. The van der Waals surface area contributed by atoms with E-state index in [1.807, 2.05) is 20.8 Å². The molecule has 0 N–H and O–H groups in total. The molecule has 0 unspecified atom stereocenters. The Hall–Kier alpha value is -1.06.